The van der Waals surface area contributed by atoms with Gasteiger partial charge in [0.25, 0.3) is 0 Å². The van der Waals surface area contributed by atoms with Gasteiger partial charge in [0.05, 0.1) is 0 Å². The monoisotopic (exact) mass is 269 g/mol. The second-order valence-electron chi connectivity index (χ2n) is 8.04. The summed E-state index contributed by atoms with van der Waals surface area (Å²) in [5.41, 5.74) is -0.263. The molecule has 3 atom stereocenters. The van der Waals surface area contributed by atoms with Crippen LogP contribution in [-0.2, 0) is 4.74 Å². The lowest BCUT2D eigenvalue weighted by Crippen LogP contribution is -2.54. The van der Waals surface area contributed by atoms with Crippen molar-refractivity contribution in [3.63, 3.8) is 0 Å². The smallest absolute Gasteiger partial charge is 0.408 e. The lowest BCUT2D eigenvalue weighted by atomic mass is 9.63. The summed E-state index contributed by atoms with van der Waals surface area (Å²) in [6.45, 7) is 14.7. The highest BCUT2D eigenvalue weighted by atomic mass is 16.6. The zero-order chi connectivity index (χ0) is 14.9. The summed E-state index contributed by atoms with van der Waals surface area (Å²) in [4.78, 5) is 12.0. The second kappa shape index (κ2) is 5.34. The van der Waals surface area contributed by atoms with Crippen molar-refractivity contribution in [3.8, 4) is 0 Å². The van der Waals surface area contributed by atoms with E-state index in [2.05, 4.69) is 33.0 Å². The number of nitrogens with one attached hydrogen (secondary N) is 1. The van der Waals surface area contributed by atoms with Gasteiger partial charge in [0.1, 0.15) is 5.60 Å². The Balaban J connectivity index is 2.72. The van der Waals surface area contributed by atoms with Crippen LogP contribution in [0, 0.1) is 11.3 Å². The van der Waals surface area contributed by atoms with Crippen LogP contribution in [0.5, 0.6) is 0 Å². The molecule has 1 aliphatic carbocycles. The van der Waals surface area contributed by atoms with Gasteiger partial charge in [-0.1, -0.05) is 27.2 Å². The average molecular weight is 269 g/mol. The summed E-state index contributed by atoms with van der Waals surface area (Å²) in [5, 5.41) is 3.11. The minimum absolute atomic E-state index is 0.148. The van der Waals surface area contributed by atoms with E-state index in [9.17, 15) is 4.79 Å². The van der Waals surface area contributed by atoms with Crippen LogP contribution < -0.4 is 5.32 Å². The fourth-order valence-corrected chi connectivity index (χ4v) is 3.68. The topological polar surface area (TPSA) is 38.3 Å². The Kier molecular flexibility index (Phi) is 4.58. The van der Waals surface area contributed by atoms with Gasteiger partial charge >= 0.3 is 6.09 Å². The summed E-state index contributed by atoms with van der Waals surface area (Å²) >= 11 is 0. The molecule has 1 saturated carbocycles. The highest BCUT2D eigenvalue weighted by Gasteiger charge is 2.42. The Hall–Kier alpha value is -0.730. The second-order valence-corrected chi connectivity index (χ2v) is 8.04. The maximum absolute atomic E-state index is 12.0. The van der Waals surface area contributed by atoms with Crippen molar-refractivity contribution in [3.05, 3.63) is 0 Å². The molecule has 0 saturated heterocycles. The van der Waals surface area contributed by atoms with Crippen LogP contribution >= 0.6 is 0 Å². The minimum Gasteiger partial charge on any atom is -0.444 e. The Morgan fingerprint density at radius 2 is 1.89 bits per heavy atom. The zero-order valence-corrected chi connectivity index (χ0v) is 13.7. The molecule has 3 heteroatoms. The molecular weight excluding hydrogens is 238 g/mol. The normalized spacial score (nSPS) is 35.8. The van der Waals surface area contributed by atoms with Gasteiger partial charge in [-0.15, -0.1) is 0 Å². The van der Waals surface area contributed by atoms with Gasteiger partial charge in [0.2, 0.25) is 0 Å². The highest BCUT2D eigenvalue weighted by Crippen LogP contribution is 2.46. The van der Waals surface area contributed by atoms with E-state index in [1.165, 1.54) is 6.42 Å². The molecule has 0 bridgehead atoms. The maximum atomic E-state index is 12.0. The lowest BCUT2D eigenvalue weighted by Gasteiger charge is -2.47. The van der Waals surface area contributed by atoms with Crippen LogP contribution in [0.4, 0.5) is 4.79 Å². The number of ether oxygens (including phenoxy) is 1. The van der Waals surface area contributed by atoms with Gasteiger partial charge in [-0.2, -0.15) is 0 Å². The molecule has 1 amide bonds. The van der Waals surface area contributed by atoms with Crippen LogP contribution in [0.2, 0.25) is 0 Å². The van der Waals surface area contributed by atoms with Crippen molar-refractivity contribution >= 4 is 6.09 Å². The van der Waals surface area contributed by atoms with E-state index in [1.807, 2.05) is 20.8 Å². The summed E-state index contributed by atoms with van der Waals surface area (Å²) in [7, 11) is 0. The fourth-order valence-electron chi connectivity index (χ4n) is 3.68. The van der Waals surface area contributed by atoms with Gasteiger partial charge in [0.15, 0.2) is 0 Å². The molecule has 0 radical (unpaired) electrons. The van der Waals surface area contributed by atoms with E-state index in [4.69, 9.17) is 4.74 Å². The van der Waals surface area contributed by atoms with Crippen LogP contribution in [0.1, 0.15) is 74.1 Å². The molecule has 1 aliphatic rings. The van der Waals surface area contributed by atoms with Gasteiger partial charge in [0, 0.05) is 5.54 Å². The quantitative estimate of drug-likeness (QED) is 0.801. The van der Waals surface area contributed by atoms with E-state index in [1.54, 1.807) is 0 Å². The predicted octanol–water partition coefficient (Wildman–Crippen LogP) is 4.51. The number of alkyl carbamates (subject to hydrolysis) is 1. The van der Waals surface area contributed by atoms with Crippen molar-refractivity contribution in [1.29, 1.82) is 0 Å². The number of rotatable bonds is 2. The first-order valence-corrected chi connectivity index (χ1v) is 7.48. The number of carbonyl (C=O) groups is 1. The Morgan fingerprint density at radius 3 is 2.37 bits per heavy atom. The summed E-state index contributed by atoms with van der Waals surface area (Å²) in [6, 6.07) is 0. The highest BCUT2D eigenvalue weighted by molar-refractivity contribution is 5.68. The molecule has 0 heterocycles. The van der Waals surface area contributed by atoms with Gasteiger partial charge in [-0.05, 0) is 58.3 Å². The van der Waals surface area contributed by atoms with E-state index < -0.39 is 5.60 Å². The largest absolute Gasteiger partial charge is 0.444 e. The van der Waals surface area contributed by atoms with Gasteiger partial charge in [-0.3, -0.25) is 0 Å². The molecule has 0 aliphatic heterocycles. The summed E-state index contributed by atoms with van der Waals surface area (Å²) in [5.74, 6) is 0.638. The molecule has 0 aromatic rings. The third kappa shape index (κ3) is 5.04. The molecule has 3 nitrogen and oxygen atoms in total. The molecule has 0 spiro atoms. The average Bonchev–Trinajstić information content (AvgIpc) is 2.10. The molecule has 1 rings (SSSR count). The fraction of sp³-hybridized carbons (Fsp3) is 0.938. The Labute approximate surface area is 118 Å². The predicted molar refractivity (Wildman–Crippen MR) is 79.2 cm³/mol. The SMILES string of the molecule is CCC1(C)CC(C)CC(C)(NC(=O)OC(C)(C)C)C1. The van der Waals surface area contributed by atoms with E-state index >= 15 is 0 Å². The Bertz CT molecular complexity index is 334. The van der Waals surface area contributed by atoms with Gasteiger partial charge in [-0.25, -0.2) is 4.79 Å². The number of amides is 1. The molecule has 112 valence electrons. The third-order valence-corrected chi connectivity index (χ3v) is 4.11. The Morgan fingerprint density at radius 1 is 1.32 bits per heavy atom. The van der Waals surface area contributed by atoms with Crippen LogP contribution in [0.25, 0.3) is 0 Å². The number of carbonyl (C=O) groups excluding carboxylic acids is 1. The number of hydrogen-bond donors (Lipinski definition) is 1. The molecule has 1 fully saturated rings. The lowest BCUT2D eigenvalue weighted by molar-refractivity contribution is 0.0288. The van der Waals surface area contributed by atoms with Crippen LogP contribution in [0.15, 0.2) is 0 Å². The van der Waals surface area contributed by atoms with E-state index in [0.717, 1.165) is 19.3 Å². The van der Waals surface area contributed by atoms with Crippen molar-refractivity contribution in [2.75, 3.05) is 0 Å². The van der Waals surface area contributed by atoms with Crippen molar-refractivity contribution in [2.45, 2.75) is 85.3 Å². The summed E-state index contributed by atoms with van der Waals surface area (Å²) < 4.78 is 5.39. The van der Waals surface area contributed by atoms with Crippen molar-refractivity contribution in [2.24, 2.45) is 11.3 Å². The van der Waals surface area contributed by atoms with E-state index in [-0.39, 0.29) is 11.6 Å². The van der Waals surface area contributed by atoms with Crippen LogP contribution in [0.3, 0.4) is 0 Å². The van der Waals surface area contributed by atoms with Gasteiger partial charge < -0.3 is 10.1 Å². The third-order valence-electron chi connectivity index (χ3n) is 4.11. The molecule has 0 aromatic carbocycles. The molecule has 19 heavy (non-hydrogen) atoms. The van der Waals surface area contributed by atoms with Crippen LogP contribution in [-0.4, -0.2) is 17.2 Å². The first-order chi connectivity index (χ1) is 8.47. The number of hydrogen-bond acceptors (Lipinski definition) is 2. The standard InChI is InChI=1S/C16H31NO2/c1-8-15(6)9-12(2)10-16(7,11-15)17-13(18)19-14(3,4)5/h12H,8-11H2,1-7H3,(H,17,18). The van der Waals surface area contributed by atoms with Crippen molar-refractivity contribution < 1.29 is 9.53 Å². The minimum atomic E-state index is -0.436. The zero-order valence-electron chi connectivity index (χ0n) is 13.7. The molecule has 1 N–H and O–H groups in total. The molecule has 3 unspecified atom stereocenters. The molecule has 0 aromatic heterocycles. The summed E-state index contributed by atoms with van der Waals surface area (Å²) in [6.07, 6.45) is 4.17. The first kappa shape index (κ1) is 16.3. The maximum Gasteiger partial charge on any atom is 0.408 e. The molecular formula is C16H31NO2. The van der Waals surface area contributed by atoms with E-state index in [0.29, 0.717) is 11.3 Å². The first-order valence-electron chi connectivity index (χ1n) is 7.48. The van der Waals surface area contributed by atoms with Crippen molar-refractivity contribution in [1.82, 2.24) is 5.32 Å².